The summed E-state index contributed by atoms with van der Waals surface area (Å²) < 4.78 is 62.9. The SMILES string of the molecule is CNC(=O)c1c(-c2ccc(F)cc2)oc2cc(N(C)S(C)(=O)=O)c(-c3cc(-c4cnn(-c5ccc(F)cc5)c4)c(=O)n(C)c3)cc12. The van der Waals surface area contributed by atoms with E-state index in [2.05, 4.69) is 10.4 Å². The van der Waals surface area contributed by atoms with Crippen LogP contribution in [0.15, 0.2) is 94.5 Å². The molecule has 10 nitrogen and oxygen atoms in total. The quantitative estimate of drug-likeness (QED) is 0.251. The number of aryl methyl sites for hydroxylation is 1. The van der Waals surface area contributed by atoms with Gasteiger partial charge >= 0.3 is 0 Å². The number of nitrogens with zero attached hydrogens (tertiary/aromatic N) is 4. The number of halogens is 2. The normalized spacial score (nSPS) is 11.6. The van der Waals surface area contributed by atoms with Gasteiger partial charge in [0, 0.05) is 67.2 Å². The fraction of sp³-hybridized carbons (Fsp3) is 0.121. The molecule has 234 valence electrons. The Labute approximate surface area is 262 Å². The molecule has 0 aliphatic carbocycles. The first kappa shape index (κ1) is 30.5. The van der Waals surface area contributed by atoms with Gasteiger partial charge in [-0.3, -0.25) is 13.9 Å². The van der Waals surface area contributed by atoms with Crippen LogP contribution in [0.3, 0.4) is 0 Å². The minimum Gasteiger partial charge on any atom is -0.455 e. The molecule has 3 heterocycles. The van der Waals surface area contributed by atoms with Gasteiger partial charge in [0.05, 0.1) is 35.0 Å². The molecule has 0 bridgehead atoms. The molecule has 6 rings (SSSR count). The number of pyridine rings is 1. The molecule has 3 aromatic heterocycles. The average molecular weight is 644 g/mol. The lowest BCUT2D eigenvalue weighted by molar-refractivity contribution is 0.0964. The molecular formula is C33H27F2N5O5S. The van der Waals surface area contributed by atoms with Crippen molar-refractivity contribution in [2.45, 2.75) is 0 Å². The van der Waals surface area contributed by atoms with Gasteiger partial charge in [0.25, 0.3) is 11.5 Å². The van der Waals surface area contributed by atoms with Crippen molar-refractivity contribution in [2.24, 2.45) is 7.05 Å². The number of furan rings is 1. The molecule has 6 aromatic rings. The molecule has 1 amide bonds. The van der Waals surface area contributed by atoms with E-state index >= 15 is 0 Å². The van der Waals surface area contributed by atoms with Crippen LogP contribution in [0.5, 0.6) is 0 Å². The van der Waals surface area contributed by atoms with Gasteiger partial charge in [-0.15, -0.1) is 0 Å². The number of carbonyl (C=O) groups excluding carboxylic acids is 1. The van der Waals surface area contributed by atoms with Gasteiger partial charge in [0.1, 0.15) is 23.0 Å². The lowest BCUT2D eigenvalue weighted by atomic mass is 9.97. The Morgan fingerprint density at radius 1 is 0.913 bits per heavy atom. The van der Waals surface area contributed by atoms with E-state index in [9.17, 15) is 26.8 Å². The van der Waals surface area contributed by atoms with Crippen LogP contribution in [0, 0.1) is 11.6 Å². The van der Waals surface area contributed by atoms with Crippen molar-refractivity contribution in [3.8, 4) is 39.3 Å². The molecule has 46 heavy (non-hydrogen) atoms. The third-order valence-corrected chi connectivity index (χ3v) is 8.87. The van der Waals surface area contributed by atoms with Gasteiger partial charge in [0.15, 0.2) is 0 Å². The van der Waals surface area contributed by atoms with Crippen molar-refractivity contribution >= 4 is 32.6 Å². The Morgan fingerprint density at radius 2 is 1.57 bits per heavy atom. The first-order valence-electron chi connectivity index (χ1n) is 13.9. The Balaban J connectivity index is 1.60. The summed E-state index contributed by atoms with van der Waals surface area (Å²) in [4.78, 5) is 26.6. The maximum Gasteiger partial charge on any atom is 0.258 e. The van der Waals surface area contributed by atoms with Crippen LogP contribution in [0.2, 0.25) is 0 Å². The summed E-state index contributed by atoms with van der Waals surface area (Å²) in [5, 5.41) is 7.33. The van der Waals surface area contributed by atoms with Gasteiger partial charge in [-0.1, -0.05) is 0 Å². The zero-order valence-electron chi connectivity index (χ0n) is 25.1. The lowest BCUT2D eigenvalue weighted by Gasteiger charge is -2.21. The summed E-state index contributed by atoms with van der Waals surface area (Å²) in [7, 11) is 0.637. The highest BCUT2D eigenvalue weighted by Gasteiger charge is 2.26. The number of hydrogen-bond acceptors (Lipinski definition) is 6. The van der Waals surface area contributed by atoms with E-state index in [1.54, 1.807) is 43.7 Å². The van der Waals surface area contributed by atoms with Crippen molar-refractivity contribution < 1.29 is 26.4 Å². The van der Waals surface area contributed by atoms with Gasteiger partial charge in [-0.25, -0.2) is 21.9 Å². The fourth-order valence-corrected chi connectivity index (χ4v) is 5.73. The summed E-state index contributed by atoms with van der Waals surface area (Å²) in [6.45, 7) is 0. The number of benzene rings is 3. The van der Waals surface area contributed by atoms with Crippen molar-refractivity contribution in [1.29, 1.82) is 0 Å². The van der Waals surface area contributed by atoms with Crippen LogP contribution in [-0.2, 0) is 17.1 Å². The molecule has 1 N–H and O–H groups in total. The number of rotatable bonds is 7. The number of sulfonamides is 1. The highest BCUT2D eigenvalue weighted by molar-refractivity contribution is 7.92. The van der Waals surface area contributed by atoms with Crippen molar-refractivity contribution in [3.63, 3.8) is 0 Å². The maximum absolute atomic E-state index is 13.7. The molecule has 0 fully saturated rings. The zero-order valence-corrected chi connectivity index (χ0v) is 25.9. The van der Waals surface area contributed by atoms with Crippen LogP contribution in [0.1, 0.15) is 10.4 Å². The first-order valence-corrected chi connectivity index (χ1v) is 15.7. The van der Waals surface area contributed by atoms with Crippen LogP contribution < -0.4 is 15.2 Å². The zero-order chi connectivity index (χ0) is 32.9. The molecule has 0 aliphatic rings. The predicted molar refractivity (Wildman–Crippen MR) is 171 cm³/mol. The molecule has 0 saturated heterocycles. The Morgan fingerprint density at radius 3 is 2.20 bits per heavy atom. The third kappa shape index (κ3) is 5.45. The standard InChI is InChI=1S/C33H27F2N5O5S/c1-36-32(41)30-27-14-25(28(39(3)46(4,43)44)15-29(27)45-31(30)19-5-7-22(34)8-6-19)20-13-26(33(42)38(2)17-20)21-16-37-40(18-21)24-11-9-23(35)10-12-24/h5-18H,1-4H3,(H,36,41). The molecule has 0 spiro atoms. The van der Waals surface area contributed by atoms with E-state index in [1.165, 1.54) is 72.0 Å². The van der Waals surface area contributed by atoms with Crippen LogP contribution in [0.4, 0.5) is 14.5 Å². The summed E-state index contributed by atoms with van der Waals surface area (Å²) in [5.41, 5.74) is 2.90. The van der Waals surface area contributed by atoms with E-state index in [0.29, 0.717) is 33.3 Å². The third-order valence-electron chi connectivity index (χ3n) is 7.68. The maximum atomic E-state index is 13.7. The Hall–Kier alpha value is -5.56. The van der Waals surface area contributed by atoms with Crippen molar-refractivity contribution in [1.82, 2.24) is 19.7 Å². The molecular weight excluding hydrogens is 616 g/mol. The fourth-order valence-electron chi connectivity index (χ4n) is 5.22. The molecule has 3 aromatic carbocycles. The number of anilines is 1. The van der Waals surface area contributed by atoms with Gasteiger partial charge in [-0.2, -0.15) is 5.10 Å². The number of nitrogens with one attached hydrogen (secondary N) is 1. The number of carbonyl (C=O) groups is 1. The number of aromatic nitrogens is 3. The lowest BCUT2D eigenvalue weighted by Crippen LogP contribution is -2.25. The summed E-state index contributed by atoms with van der Waals surface area (Å²) in [5.74, 6) is -1.16. The molecule has 0 unspecified atom stereocenters. The van der Waals surface area contributed by atoms with Crippen LogP contribution in [-0.4, -0.2) is 49.0 Å². The largest absolute Gasteiger partial charge is 0.455 e. The van der Waals surface area contributed by atoms with Gasteiger partial charge in [-0.05, 0) is 60.7 Å². The first-order chi connectivity index (χ1) is 21.8. The van der Waals surface area contributed by atoms with E-state index < -0.39 is 27.6 Å². The smallest absolute Gasteiger partial charge is 0.258 e. The van der Waals surface area contributed by atoms with Crippen molar-refractivity contribution in [3.05, 3.63) is 113 Å². The van der Waals surface area contributed by atoms with Crippen LogP contribution in [0.25, 0.3) is 50.2 Å². The summed E-state index contributed by atoms with van der Waals surface area (Å²) in [6.07, 6.45) is 5.76. The number of fused-ring (bicyclic) bond motifs is 1. The van der Waals surface area contributed by atoms with Gasteiger partial charge < -0.3 is 14.3 Å². The Kier molecular flexibility index (Phi) is 7.56. The predicted octanol–water partition coefficient (Wildman–Crippen LogP) is 5.35. The molecule has 0 aliphatic heterocycles. The monoisotopic (exact) mass is 643 g/mol. The van der Waals surface area contributed by atoms with Gasteiger partial charge in [0.2, 0.25) is 10.0 Å². The molecule has 0 atom stereocenters. The second kappa shape index (κ2) is 11.4. The van der Waals surface area contributed by atoms with E-state index in [4.69, 9.17) is 4.42 Å². The van der Waals surface area contributed by atoms with Crippen molar-refractivity contribution in [2.75, 3.05) is 24.7 Å². The highest BCUT2D eigenvalue weighted by atomic mass is 32.2. The Bertz CT molecular complexity index is 2310. The molecule has 0 saturated carbocycles. The molecule has 13 heteroatoms. The van der Waals surface area contributed by atoms with Crippen LogP contribution >= 0.6 is 0 Å². The topological polar surface area (TPSA) is 119 Å². The summed E-state index contributed by atoms with van der Waals surface area (Å²) in [6, 6.07) is 15.9. The van der Waals surface area contributed by atoms with E-state index in [1.807, 2.05) is 0 Å². The number of hydrogen-bond donors (Lipinski definition) is 1. The van der Waals surface area contributed by atoms with E-state index in [0.717, 1.165) is 10.6 Å². The highest BCUT2D eigenvalue weighted by Crippen LogP contribution is 2.41. The minimum atomic E-state index is -3.79. The second-order valence-electron chi connectivity index (χ2n) is 10.7. The minimum absolute atomic E-state index is 0.171. The average Bonchev–Trinajstić information content (AvgIpc) is 3.66. The van der Waals surface area contributed by atoms with E-state index in [-0.39, 0.29) is 33.7 Å². The number of amides is 1. The molecule has 0 radical (unpaired) electrons. The summed E-state index contributed by atoms with van der Waals surface area (Å²) >= 11 is 0. The second-order valence-corrected chi connectivity index (χ2v) is 12.7.